The third kappa shape index (κ3) is 4.86. The van der Waals surface area contributed by atoms with Crippen molar-refractivity contribution in [3.8, 4) is 22.7 Å². The molecule has 0 unspecified atom stereocenters. The lowest BCUT2D eigenvalue weighted by atomic mass is 10.1. The number of aromatic nitrogens is 3. The van der Waals surface area contributed by atoms with Crippen molar-refractivity contribution < 1.29 is 27.5 Å². The minimum Gasteiger partial charge on any atom is -0.406 e. The van der Waals surface area contributed by atoms with Gasteiger partial charge in [-0.05, 0) is 30.3 Å². The summed E-state index contributed by atoms with van der Waals surface area (Å²) in [5.74, 6) is -1.29. The van der Waals surface area contributed by atoms with E-state index in [0.717, 1.165) is 6.07 Å². The van der Waals surface area contributed by atoms with E-state index < -0.39 is 18.0 Å². The molecule has 1 N–H and O–H groups in total. The Morgan fingerprint density at radius 1 is 1.19 bits per heavy atom. The van der Waals surface area contributed by atoms with Gasteiger partial charge in [0.1, 0.15) is 12.3 Å². The minimum atomic E-state index is -4.88. The first-order chi connectivity index (χ1) is 15.1. The molecule has 3 aromatic rings. The lowest BCUT2D eigenvalue weighted by Crippen LogP contribution is -2.30. The number of hydrogen-bond donors (Lipinski definition) is 1. The molecule has 0 aliphatic carbocycles. The molecular formula is C19H12BrClF3N5O3. The summed E-state index contributed by atoms with van der Waals surface area (Å²) in [5.41, 5.74) is 0.917. The van der Waals surface area contributed by atoms with Crippen LogP contribution in [0.4, 0.5) is 13.2 Å². The summed E-state index contributed by atoms with van der Waals surface area (Å²) >= 11 is 9.20. The summed E-state index contributed by atoms with van der Waals surface area (Å²) in [7, 11) is 0. The maximum Gasteiger partial charge on any atom is 0.573 e. The molecule has 2 amide bonds. The summed E-state index contributed by atoms with van der Waals surface area (Å²) in [6.45, 7) is -0.0980. The normalized spacial score (nSPS) is 13.9. The van der Waals surface area contributed by atoms with E-state index in [-0.39, 0.29) is 36.1 Å². The van der Waals surface area contributed by atoms with Crippen molar-refractivity contribution in [1.29, 1.82) is 0 Å². The van der Waals surface area contributed by atoms with Crippen LogP contribution in [0.1, 0.15) is 10.5 Å². The smallest absolute Gasteiger partial charge is 0.406 e. The van der Waals surface area contributed by atoms with Crippen LogP contribution in [0.5, 0.6) is 5.75 Å². The monoisotopic (exact) mass is 529 g/mol. The van der Waals surface area contributed by atoms with E-state index in [1.54, 1.807) is 6.07 Å². The molecule has 0 saturated carbocycles. The van der Waals surface area contributed by atoms with Gasteiger partial charge in [0.15, 0.2) is 5.69 Å². The van der Waals surface area contributed by atoms with Crippen molar-refractivity contribution in [1.82, 2.24) is 25.0 Å². The number of nitrogens with zero attached hydrogens (tertiary/aromatic N) is 4. The number of halogens is 5. The number of carbonyl (C=O) groups excluding carboxylic acids is 2. The van der Waals surface area contributed by atoms with Crippen LogP contribution in [0.2, 0.25) is 5.02 Å². The predicted molar refractivity (Wildman–Crippen MR) is 110 cm³/mol. The van der Waals surface area contributed by atoms with Gasteiger partial charge in [-0.1, -0.05) is 27.5 Å². The molecule has 0 radical (unpaired) electrons. The van der Waals surface area contributed by atoms with E-state index in [0.29, 0.717) is 15.2 Å². The Hall–Kier alpha value is -3.12. The maximum atomic E-state index is 12.8. The Morgan fingerprint density at radius 3 is 2.62 bits per heavy atom. The number of alkyl halides is 3. The fourth-order valence-corrected chi connectivity index (χ4v) is 3.72. The quantitative estimate of drug-likeness (QED) is 0.555. The summed E-state index contributed by atoms with van der Waals surface area (Å²) < 4.78 is 43.9. The van der Waals surface area contributed by atoms with Gasteiger partial charge in [-0.3, -0.25) is 14.6 Å². The van der Waals surface area contributed by atoms with E-state index in [1.807, 2.05) is 0 Å². The highest BCUT2D eigenvalue weighted by atomic mass is 79.9. The van der Waals surface area contributed by atoms with Gasteiger partial charge in [-0.25, -0.2) is 4.68 Å². The molecule has 32 heavy (non-hydrogen) atoms. The first-order valence-corrected chi connectivity index (χ1v) is 10.1. The fraction of sp³-hybridized carbons (Fsp3) is 0.158. The molecule has 3 heterocycles. The second-order valence-electron chi connectivity index (χ2n) is 6.67. The van der Waals surface area contributed by atoms with Crippen LogP contribution in [0.25, 0.3) is 16.9 Å². The molecule has 13 heteroatoms. The Morgan fingerprint density at radius 2 is 1.97 bits per heavy atom. The zero-order valence-corrected chi connectivity index (χ0v) is 18.2. The highest BCUT2D eigenvalue weighted by Gasteiger charge is 2.32. The van der Waals surface area contributed by atoms with Crippen LogP contribution in [0.15, 0.2) is 47.2 Å². The Bertz CT molecular complexity index is 1220. The molecule has 0 bridgehead atoms. The van der Waals surface area contributed by atoms with E-state index >= 15 is 0 Å². The average Bonchev–Trinajstić information content (AvgIpc) is 3.32. The fourth-order valence-electron chi connectivity index (χ4n) is 3.08. The molecule has 1 aromatic carbocycles. The van der Waals surface area contributed by atoms with Crippen LogP contribution in [0, 0.1) is 0 Å². The van der Waals surface area contributed by atoms with Crippen molar-refractivity contribution in [3.05, 3.63) is 57.9 Å². The summed E-state index contributed by atoms with van der Waals surface area (Å²) in [4.78, 5) is 29.6. The number of carbonyl (C=O) groups is 2. The van der Waals surface area contributed by atoms with E-state index in [1.165, 1.54) is 40.2 Å². The Balaban J connectivity index is 1.82. The van der Waals surface area contributed by atoms with Gasteiger partial charge in [0.2, 0.25) is 5.91 Å². The summed E-state index contributed by atoms with van der Waals surface area (Å²) in [6.07, 6.45) is -2.05. The molecule has 1 saturated heterocycles. The molecule has 1 aliphatic rings. The van der Waals surface area contributed by atoms with Crippen molar-refractivity contribution in [2.24, 2.45) is 0 Å². The van der Waals surface area contributed by atoms with Crippen LogP contribution in [-0.2, 0) is 4.79 Å². The molecule has 4 rings (SSSR count). The minimum absolute atomic E-state index is 0.0188. The van der Waals surface area contributed by atoms with Crippen molar-refractivity contribution in [3.63, 3.8) is 0 Å². The van der Waals surface area contributed by atoms with Crippen LogP contribution < -0.4 is 10.1 Å². The van der Waals surface area contributed by atoms with Gasteiger partial charge in [-0.15, -0.1) is 13.2 Å². The van der Waals surface area contributed by atoms with Crippen LogP contribution >= 0.6 is 27.5 Å². The number of hydrogen-bond acceptors (Lipinski definition) is 5. The first kappa shape index (κ1) is 22.1. The summed E-state index contributed by atoms with van der Waals surface area (Å²) in [5, 5.41) is 7.13. The molecular weight excluding hydrogens is 519 g/mol. The van der Waals surface area contributed by atoms with Crippen LogP contribution in [-0.4, -0.2) is 51.1 Å². The third-order valence-electron chi connectivity index (χ3n) is 4.35. The Kier molecular flexibility index (Phi) is 5.82. The summed E-state index contributed by atoms with van der Waals surface area (Å²) in [6, 6.07) is 6.81. The first-order valence-electron chi connectivity index (χ1n) is 8.93. The van der Waals surface area contributed by atoms with Gasteiger partial charge in [0, 0.05) is 16.2 Å². The third-order valence-corrected chi connectivity index (χ3v) is 5.02. The number of ether oxygens (including phenoxy) is 1. The van der Waals surface area contributed by atoms with Gasteiger partial charge in [0.05, 0.1) is 29.3 Å². The highest BCUT2D eigenvalue weighted by molar-refractivity contribution is 9.10. The van der Waals surface area contributed by atoms with Crippen molar-refractivity contribution in [2.75, 3.05) is 13.2 Å². The zero-order chi connectivity index (χ0) is 23.0. The Labute approximate surface area is 192 Å². The topological polar surface area (TPSA) is 89.4 Å². The molecule has 0 spiro atoms. The van der Waals surface area contributed by atoms with Gasteiger partial charge in [0.25, 0.3) is 5.91 Å². The second kappa shape index (κ2) is 8.43. The zero-order valence-electron chi connectivity index (χ0n) is 15.9. The highest BCUT2D eigenvalue weighted by Crippen LogP contribution is 2.33. The van der Waals surface area contributed by atoms with Crippen molar-refractivity contribution >= 4 is 39.3 Å². The molecule has 1 fully saturated rings. The average molecular weight is 531 g/mol. The van der Waals surface area contributed by atoms with Gasteiger partial charge >= 0.3 is 6.36 Å². The molecule has 2 aromatic heterocycles. The maximum absolute atomic E-state index is 12.8. The predicted octanol–water partition coefficient (Wildman–Crippen LogP) is 3.78. The van der Waals surface area contributed by atoms with Gasteiger partial charge < -0.3 is 15.0 Å². The molecule has 166 valence electrons. The lowest BCUT2D eigenvalue weighted by molar-refractivity contribution is -0.274. The standard InChI is InChI=1S/C19H12BrClF3N5O3/c20-11-1-10(2-14(3-11)32-19(22,23)24)16-5-15(18(31)28-8-17(30)26-9-28)27-29(16)13-4-12(21)6-25-7-13/h1-7H,8-9H2,(H,26,30). The van der Waals surface area contributed by atoms with Crippen LogP contribution in [0.3, 0.4) is 0 Å². The number of amides is 2. The largest absolute Gasteiger partial charge is 0.573 e. The van der Waals surface area contributed by atoms with E-state index in [2.05, 4.69) is 36.1 Å². The second-order valence-corrected chi connectivity index (χ2v) is 8.02. The molecule has 1 aliphatic heterocycles. The van der Waals surface area contributed by atoms with E-state index in [4.69, 9.17) is 11.6 Å². The number of rotatable bonds is 4. The molecule has 0 atom stereocenters. The lowest BCUT2D eigenvalue weighted by Gasteiger charge is -2.12. The van der Waals surface area contributed by atoms with Crippen molar-refractivity contribution in [2.45, 2.75) is 6.36 Å². The van der Waals surface area contributed by atoms with E-state index in [9.17, 15) is 22.8 Å². The number of pyridine rings is 1. The molecule has 8 nitrogen and oxygen atoms in total. The SMILES string of the molecule is O=C1CN(C(=O)c2cc(-c3cc(Br)cc(OC(F)(F)F)c3)n(-c3cncc(Cl)c3)n2)CN1. The number of benzene rings is 1. The number of nitrogens with one attached hydrogen (secondary N) is 1. The van der Waals surface area contributed by atoms with Gasteiger partial charge in [-0.2, -0.15) is 5.10 Å².